The fourth-order valence-corrected chi connectivity index (χ4v) is 8.02. The zero-order chi connectivity index (χ0) is 24.7. The molecule has 12 unspecified atom stereocenters. The molecule has 0 aromatic heterocycles. The van der Waals surface area contributed by atoms with Crippen LogP contribution in [0, 0.1) is 46.8 Å². The molecule has 3 N–H and O–H groups in total. The monoisotopic (exact) mass is 472 g/mol. The lowest BCUT2D eigenvalue weighted by molar-refractivity contribution is -0.185. The van der Waals surface area contributed by atoms with E-state index in [4.69, 9.17) is 4.74 Å². The van der Waals surface area contributed by atoms with Gasteiger partial charge < -0.3 is 20.1 Å². The molecule has 1 saturated heterocycles. The van der Waals surface area contributed by atoms with E-state index in [9.17, 15) is 29.7 Å². The molecule has 2 saturated carbocycles. The van der Waals surface area contributed by atoms with Crippen LogP contribution in [0.1, 0.15) is 53.4 Å². The first-order chi connectivity index (χ1) is 15.9. The SMILES string of the molecule is CC1C(=O)OC(C(O)C(C)(O)C2C(O)CC3C4CC=C5C=CCC(=O)C5(C)C4CC(=O)C32)C1C. The van der Waals surface area contributed by atoms with Crippen LogP contribution in [0.15, 0.2) is 23.8 Å². The zero-order valence-electron chi connectivity index (χ0n) is 20.3. The Hall–Kier alpha value is -1.83. The van der Waals surface area contributed by atoms with Gasteiger partial charge in [0.15, 0.2) is 0 Å². The number of aliphatic hydroxyl groups is 3. The summed E-state index contributed by atoms with van der Waals surface area (Å²) < 4.78 is 5.39. The van der Waals surface area contributed by atoms with Crippen molar-refractivity contribution in [3.63, 3.8) is 0 Å². The summed E-state index contributed by atoms with van der Waals surface area (Å²) in [6.45, 7) is 6.93. The van der Waals surface area contributed by atoms with Gasteiger partial charge in [-0.2, -0.15) is 0 Å². The average Bonchev–Trinajstić information content (AvgIpc) is 3.27. The molecule has 3 fully saturated rings. The van der Waals surface area contributed by atoms with E-state index in [1.165, 1.54) is 6.92 Å². The maximum absolute atomic E-state index is 13.6. The largest absolute Gasteiger partial charge is 0.459 e. The Morgan fingerprint density at radius 3 is 2.56 bits per heavy atom. The van der Waals surface area contributed by atoms with Crippen molar-refractivity contribution in [1.82, 2.24) is 0 Å². The van der Waals surface area contributed by atoms with Crippen molar-refractivity contribution < 1.29 is 34.4 Å². The standard InChI is InChI=1S/C27H36O7/c1-12-13(2)25(32)34-23(12)24(31)27(4,33)22-19(29)10-16-15-9-8-14-6-5-7-20(30)26(14,3)17(15)11-18(28)21(16)22/h5-6,8,12-13,15-17,19,21-24,29,31,33H,7,9-11H2,1-4H3. The molecule has 0 radical (unpaired) electrons. The number of rotatable bonds is 3. The van der Waals surface area contributed by atoms with Gasteiger partial charge in [-0.05, 0) is 50.0 Å². The first kappa shape index (κ1) is 23.9. The van der Waals surface area contributed by atoms with Gasteiger partial charge in [-0.25, -0.2) is 0 Å². The number of carbonyl (C=O) groups is 3. The molecule has 1 heterocycles. The summed E-state index contributed by atoms with van der Waals surface area (Å²) in [5, 5.41) is 33.9. The Bertz CT molecular complexity index is 979. The summed E-state index contributed by atoms with van der Waals surface area (Å²) in [5.74, 6) is -2.80. The molecule has 5 aliphatic rings. The van der Waals surface area contributed by atoms with Crippen LogP contribution in [0.25, 0.3) is 0 Å². The second-order valence-corrected chi connectivity index (χ2v) is 11.8. The summed E-state index contributed by atoms with van der Waals surface area (Å²) in [7, 11) is 0. The molecule has 1 aliphatic heterocycles. The minimum Gasteiger partial charge on any atom is -0.459 e. The van der Waals surface area contributed by atoms with Crippen LogP contribution < -0.4 is 0 Å². The Kier molecular flexibility index (Phi) is 5.51. The topological polar surface area (TPSA) is 121 Å². The van der Waals surface area contributed by atoms with Gasteiger partial charge in [0.25, 0.3) is 0 Å². The van der Waals surface area contributed by atoms with Crippen LogP contribution in [0.2, 0.25) is 0 Å². The highest BCUT2D eigenvalue weighted by Crippen LogP contribution is 2.61. The van der Waals surface area contributed by atoms with Crippen molar-refractivity contribution in [3.05, 3.63) is 23.8 Å². The Labute approximate surface area is 200 Å². The minimum absolute atomic E-state index is 0.0442. The number of esters is 1. The fraction of sp³-hybridized carbons (Fsp3) is 0.741. The van der Waals surface area contributed by atoms with Gasteiger partial charge >= 0.3 is 5.97 Å². The summed E-state index contributed by atoms with van der Waals surface area (Å²) in [5.41, 5.74) is -1.54. The predicted molar refractivity (Wildman–Crippen MR) is 122 cm³/mol. The van der Waals surface area contributed by atoms with E-state index in [1.807, 2.05) is 19.1 Å². The van der Waals surface area contributed by atoms with Gasteiger partial charge in [-0.1, -0.05) is 32.1 Å². The Balaban J connectivity index is 1.46. The number of ether oxygens (including phenoxy) is 1. The number of aliphatic hydroxyl groups excluding tert-OH is 2. The normalized spacial score (nSPS) is 48.4. The lowest BCUT2D eigenvalue weighted by atomic mass is 9.50. The van der Waals surface area contributed by atoms with E-state index in [0.29, 0.717) is 12.8 Å². The van der Waals surface area contributed by atoms with Crippen LogP contribution in [0.3, 0.4) is 0 Å². The highest BCUT2D eigenvalue weighted by atomic mass is 16.6. The highest BCUT2D eigenvalue weighted by Gasteiger charge is 2.65. The summed E-state index contributed by atoms with van der Waals surface area (Å²) >= 11 is 0. The number of ketones is 2. The third-order valence-electron chi connectivity index (χ3n) is 10.3. The molecule has 12 atom stereocenters. The number of allylic oxidation sites excluding steroid dienone is 4. The van der Waals surface area contributed by atoms with Gasteiger partial charge in [0.1, 0.15) is 23.8 Å². The summed E-state index contributed by atoms with van der Waals surface area (Å²) in [6, 6.07) is 0. The number of fused-ring (bicyclic) bond motifs is 5. The smallest absolute Gasteiger partial charge is 0.309 e. The van der Waals surface area contributed by atoms with E-state index in [1.54, 1.807) is 13.8 Å². The van der Waals surface area contributed by atoms with Crippen LogP contribution in [0.5, 0.6) is 0 Å². The molecular weight excluding hydrogens is 436 g/mol. The molecule has 186 valence electrons. The van der Waals surface area contributed by atoms with Crippen molar-refractivity contribution in [2.45, 2.75) is 77.3 Å². The molecule has 4 aliphatic carbocycles. The number of carbonyl (C=O) groups excluding carboxylic acids is 3. The predicted octanol–water partition coefficient (Wildman–Crippen LogP) is 1.98. The third-order valence-corrected chi connectivity index (χ3v) is 10.3. The quantitative estimate of drug-likeness (QED) is 0.537. The number of hydrogen-bond donors (Lipinski definition) is 3. The molecule has 0 aromatic carbocycles. The Morgan fingerprint density at radius 2 is 1.91 bits per heavy atom. The average molecular weight is 473 g/mol. The number of cyclic esters (lactones) is 1. The second kappa shape index (κ2) is 7.84. The number of Topliss-reactive ketones (excluding diaryl/α,β-unsaturated/α-hetero) is 2. The molecule has 0 amide bonds. The highest BCUT2D eigenvalue weighted by molar-refractivity contribution is 5.93. The van der Waals surface area contributed by atoms with Crippen LogP contribution in [-0.4, -0.2) is 56.8 Å². The van der Waals surface area contributed by atoms with Gasteiger partial charge in [-0.15, -0.1) is 0 Å². The van der Waals surface area contributed by atoms with E-state index in [-0.39, 0.29) is 41.7 Å². The third kappa shape index (κ3) is 3.09. The lowest BCUT2D eigenvalue weighted by Gasteiger charge is -2.52. The molecule has 7 heteroatoms. The van der Waals surface area contributed by atoms with Crippen LogP contribution in [-0.2, 0) is 19.1 Å². The zero-order valence-corrected chi connectivity index (χ0v) is 20.3. The summed E-state index contributed by atoms with van der Waals surface area (Å²) in [6.07, 6.45) is 4.33. The molecule has 0 spiro atoms. The van der Waals surface area contributed by atoms with Crippen molar-refractivity contribution in [2.24, 2.45) is 46.8 Å². The lowest BCUT2D eigenvalue weighted by Crippen LogP contribution is -2.59. The maximum Gasteiger partial charge on any atom is 0.309 e. The maximum atomic E-state index is 13.6. The van der Waals surface area contributed by atoms with E-state index >= 15 is 0 Å². The van der Waals surface area contributed by atoms with E-state index < -0.39 is 53.1 Å². The molecule has 0 aromatic rings. The Morgan fingerprint density at radius 1 is 1.21 bits per heavy atom. The van der Waals surface area contributed by atoms with Gasteiger partial charge in [0.05, 0.1) is 23.0 Å². The molecule has 5 rings (SSSR count). The first-order valence-corrected chi connectivity index (χ1v) is 12.6. The van der Waals surface area contributed by atoms with Crippen LogP contribution in [0.4, 0.5) is 0 Å². The van der Waals surface area contributed by atoms with Gasteiger partial charge in [0, 0.05) is 30.6 Å². The number of hydrogen-bond acceptors (Lipinski definition) is 7. The van der Waals surface area contributed by atoms with Gasteiger partial charge in [0.2, 0.25) is 0 Å². The van der Waals surface area contributed by atoms with Crippen molar-refractivity contribution in [2.75, 3.05) is 0 Å². The molecular formula is C27H36O7. The minimum atomic E-state index is -1.83. The van der Waals surface area contributed by atoms with Crippen molar-refractivity contribution in [1.29, 1.82) is 0 Å². The van der Waals surface area contributed by atoms with E-state index in [0.717, 1.165) is 12.0 Å². The second-order valence-electron chi connectivity index (χ2n) is 11.8. The van der Waals surface area contributed by atoms with E-state index in [2.05, 4.69) is 6.08 Å². The molecule has 7 nitrogen and oxygen atoms in total. The first-order valence-electron chi connectivity index (χ1n) is 12.6. The van der Waals surface area contributed by atoms with Crippen LogP contribution >= 0.6 is 0 Å². The summed E-state index contributed by atoms with van der Waals surface area (Å²) in [4.78, 5) is 38.7. The molecule has 34 heavy (non-hydrogen) atoms. The van der Waals surface area contributed by atoms with Crippen molar-refractivity contribution in [3.8, 4) is 0 Å². The fourth-order valence-electron chi connectivity index (χ4n) is 8.02. The molecule has 0 bridgehead atoms. The van der Waals surface area contributed by atoms with Gasteiger partial charge in [-0.3, -0.25) is 14.4 Å². The van der Waals surface area contributed by atoms with Crippen molar-refractivity contribution >= 4 is 17.5 Å².